The first kappa shape index (κ1) is 21.3. The summed E-state index contributed by atoms with van der Waals surface area (Å²) in [7, 11) is 0. The number of ether oxygens (including phenoxy) is 2. The van der Waals surface area contributed by atoms with Gasteiger partial charge in [-0.05, 0) is 5.56 Å². The summed E-state index contributed by atoms with van der Waals surface area (Å²) in [5.41, 5.74) is -0.314. The molecule has 1 atom stereocenters. The van der Waals surface area contributed by atoms with Crippen LogP contribution >= 0.6 is 0 Å². The van der Waals surface area contributed by atoms with Crippen molar-refractivity contribution in [2.45, 2.75) is 45.3 Å². The molecule has 0 bridgehead atoms. The zero-order valence-electron chi connectivity index (χ0n) is 15.6. The Hall–Kier alpha value is -3.04. The van der Waals surface area contributed by atoms with Crippen molar-refractivity contribution in [2.24, 2.45) is 0 Å². The van der Waals surface area contributed by atoms with Crippen LogP contribution < -0.4 is 5.32 Å². The maximum Gasteiger partial charge on any atom is 0.407 e. The van der Waals surface area contributed by atoms with E-state index in [0.29, 0.717) is 0 Å². The number of rotatable bonds is 8. The minimum absolute atomic E-state index is 0.0329. The van der Waals surface area contributed by atoms with E-state index in [1.54, 1.807) is 38.1 Å². The molecule has 1 aromatic carbocycles. The highest BCUT2D eigenvalue weighted by Crippen LogP contribution is 2.27. The molecule has 0 spiro atoms. The van der Waals surface area contributed by atoms with Crippen LogP contribution in [0, 0.1) is 0 Å². The summed E-state index contributed by atoms with van der Waals surface area (Å²) >= 11 is 0. The Bertz CT molecular complexity index is 796. The van der Waals surface area contributed by atoms with Crippen molar-refractivity contribution < 1.29 is 32.4 Å². The number of alkyl halides is 2. The number of nitrogens with one attached hydrogen (secondary N) is 1. The summed E-state index contributed by atoms with van der Waals surface area (Å²) in [4.78, 5) is 27.1. The average Bonchev–Trinajstić information content (AvgIpc) is 3.15. The van der Waals surface area contributed by atoms with Crippen LogP contribution in [-0.2, 0) is 26.3 Å². The molecule has 10 heteroatoms. The zero-order chi connectivity index (χ0) is 20.7. The third kappa shape index (κ3) is 5.73. The number of aromatic nitrogens is 2. The first-order chi connectivity index (χ1) is 13.2. The monoisotopic (exact) mass is 397 g/mol. The molecule has 1 aromatic heterocycles. The molecule has 0 aliphatic rings. The molecule has 0 unspecified atom stereocenters. The van der Waals surface area contributed by atoms with Crippen molar-refractivity contribution in [1.82, 2.24) is 15.5 Å². The third-order valence-electron chi connectivity index (χ3n) is 4.03. The van der Waals surface area contributed by atoms with E-state index in [-0.39, 0.29) is 19.0 Å². The third-order valence-corrected chi connectivity index (χ3v) is 4.03. The van der Waals surface area contributed by atoms with Crippen LogP contribution in [0.2, 0.25) is 0 Å². The molecule has 0 fully saturated rings. The number of benzene rings is 1. The van der Waals surface area contributed by atoms with Gasteiger partial charge < -0.3 is 19.3 Å². The Morgan fingerprint density at radius 1 is 1.21 bits per heavy atom. The number of hydrogen-bond donors (Lipinski definition) is 1. The molecule has 1 N–H and O–H groups in total. The molecule has 1 amide bonds. The van der Waals surface area contributed by atoms with Crippen LogP contribution in [0.15, 0.2) is 34.9 Å². The number of halogens is 2. The summed E-state index contributed by atoms with van der Waals surface area (Å²) in [5, 5.41) is 6.13. The summed E-state index contributed by atoms with van der Waals surface area (Å²) in [6.07, 6.45) is -3.69. The van der Waals surface area contributed by atoms with Gasteiger partial charge in [0.25, 0.3) is 5.89 Å². The van der Waals surface area contributed by atoms with Crippen LogP contribution in [0.3, 0.4) is 0 Å². The first-order valence-corrected chi connectivity index (χ1v) is 8.43. The van der Waals surface area contributed by atoms with E-state index in [1.807, 2.05) is 6.07 Å². The summed E-state index contributed by atoms with van der Waals surface area (Å²) in [6.45, 7) is 4.20. The number of nitrogens with zero attached hydrogens (tertiary/aromatic N) is 2. The van der Waals surface area contributed by atoms with E-state index in [9.17, 15) is 18.4 Å². The van der Waals surface area contributed by atoms with E-state index < -0.39 is 35.8 Å². The van der Waals surface area contributed by atoms with E-state index >= 15 is 0 Å². The van der Waals surface area contributed by atoms with Gasteiger partial charge in [0.2, 0.25) is 0 Å². The lowest BCUT2D eigenvalue weighted by Crippen LogP contribution is -2.51. The van der Waals surface area contributed by atoms with Crippen molar-refractivity contribution in [1.29, 1.82) is 0 Å². The number of carbonyl (C=O) groups is 2. The zero-order valence-corrected chi connectivity index (χ0v) is 15.6. The highest BCUT2D eigenvalue weighted by atomic mass is 19.3. The van der Waals surface area contributed by atoms with Crippen molar-refractivity contribution in [3.8, 4) is 0 Å². The molecule has 0 saturated heterocycles. The fraction of sp³-hybridized carbons (Fsp3) is 0.444. The molecule has 8 nitrogen and oxygen atoms in total. The second kappa shape index (κ2) is 9.25. The fourth-order valence-electron chi connectivity index (χ4n) is 2.28. The van der Waals surface area contributed by atoms with Crippen LogP contribution in [-0.4, -0.2) is 34.9 Å². The van der Waals surface area contributed by atoms with Gasteiger partial charge in [-0.1, -0.05) is 49.3 Å². The van der Waals surface area contributed by atoms with Crippen LogP contribution in [0.25, 0.3) is 0 Å². The molecule has 0 aliphatic heterocycles. The molecule has 152 valence electrons. The Labute approximate surface area is 160 Å². The normalized spacial score (nSPS) is 12.5. The molecule has 28 heavy (non-hydrogen) atoms. The predicted molar refractivity (Wildman–Crippen MR) is 92.5 cm³/mol. The van der Waals surface area contributed by atoms with Crippen molar-refractivity contribution in [2.75, 3.05) is 6.61 Å². The Morgan fingerprint density at radius 2 is 1.89 bits per heavy atom. The van der Waals surface area contributed by atoms with Crippen LogP contribution in [0.1, 0.15) is 44.5 Å². The summed E-state index contributed by atoms with van der Waals surface area (Å²) in [6, 6.07) is 8.17. The molecule has 0 saturated carbocycles. The molecule has 1 heterocycles. The summed E-state index contributed by atoms with van der Waals surface area (Å²) in [5.74, 6) is -1.47. The Balaban J connectivity index is 2.10. The number of amides is 1. The van der Waals surface area contributed by atoms with E-state index in [0.717, 1.165) is 5.56 Å². The minimum atomic E-state index is -2.92. The van der Waals surface area contributed by atoms with E-state index in [4.69, 9.17) is 9.47 Å². The van der Waals surface area contributed by atoms with Gasteiger partial charge in [0.1, 0.15) is 13.2 Å². The van der Waals surface area contributed by atoms with Gasteiger partial charge in [0, 0.05) is 6.92 Å². The molecular formula is C18H21F2N3O5. The molecule has 2 rings (SSSR count). The molecule has 2 aromatic rings. The van der Waals surface area contributed by atoms with Gasteiger partial charge in [-0.3, -0.25) is 4.79 Å². The standard InChI is InChI=1S/C18H21F2N3O5/c1-11(24)26-10-13(18(2,3)16-22-15(14(19)20)28-23-16)21-17(25)27-9-12-7-5-4-6-8-12/h4-8,13-14H,9-10H2,1-3H3,(H,21,25)/t13-/m1/s1. The lowest BCUT2D eigenvalue weighted by Gasteiger charge is -2.31. The van der Waals surface area contributed by atoms with E-state index in [2.05, 4.69) is 20.0 Å². The lowest BCUT2D eigenvalue weighted by molar-refractivity contribution is -0.142. The molecule has 0 radical (unpaired) electrons. The fourth-order valence-corrected chi connectivity index (χ4v) is 2.28. The second-order valence-electron chi connectivity index (χ2n) is 6.54. The van der Waals surface area contributed by atoms with Gasteiger partial charge in [-0.2, -0.15) is 13.8 Å². The molecule has 0 aliphatic carbocycles. The largest absolute Gasteiger partial charge is 0.464 e. The molecular weight excluding hydrogens is 376 g/mol. The number of esters is 1. The quantitative estimate of drug-likeness (QED) is 0.683. The topological polar surface area (TPSA) is 104 Å². The van der Waals surface area contributed by atoms with Gasteiger partial charge in [-0.15, -0.1) is 0 Å². The van der Waals surface area contributed by atoms with Gasteiger partial charge in [0.15, 0.2) is 5.82 Å². The number of carbonyl (C=O) groups excluding carboxylic acids is 2. The Morgan fingerprint density at radius 3 is 2.46 bits per heavy atom. The van der Waals surface area contributed by atoms with Crippen LogP contribution in [0.5, 0.6) is 0 Å². The van der Waals surface area contributed by atoms with E-state index in [1.165, 1.54) is 6.92 Å². The predicted octanol–water partition coefficient (Wildman–Crippen LogP) is 3.14. The number of hydrogen-bond acceptors (Lipinski definition) is 7. The van der Waals surface area contributed by atoms with Gasteiger partial charge >= 0.3 is 18.5 Å². The highest BCUT2D eigenvalue weighted by molar-refractivity contribution is 5.68. The SMILES string of the molecule is CC(=O)OC[C@@H](NC(=O)OCc1ccccc1)C(C)(C)c1noc(C(F)F)n1. The van der Waals surface area contributed by atoms with Crippen LogP contribution in [0.4, 0.5) is 13.6 Å². The highest BCUT2D eigenvalue weighted by Gasteiger charge is 2.39. The second-order valence-corrected chi connectivity index (χ2v) is 6.54. The smallest absolute Gasteiger partial charge is 0.407 e. The Kier molecular flexibility index (Phi) is 7.02. The summed E-state index contributed by atoms with van der Waals surface area (Å²) < 4.78 is 40.2. The van der Waals surface area contributed by atoms with Crippen molar-refractivity contribution >= 4 is 12.1 Å². The lowest BCUT2D eigenvalue weighted by atomic mass is 9.84. The maximum atomic E-state index is 12.7. The van der Waals surface area contributed by atoms with Crippen molar-refractivity contribution in [3.05, 3.63) is 47.6 Å². The maximum absolute atomic E-state index is 12.7. The first-order valence-electron chi connectivity index (χ1n) is 8.43. The average molecular weight is 397 g/mol. The van der Waals surface area contributed by atoms with Gasteiger partial charge in [-0.25, -0.2) is 4.79 Å². The van der Waals surface area contributed by atoms with Crippen molar-refractivity contribution in [3.63, 3.8) is 0 Å². The minimum Gasteiger partial charge on any atom is -0.464 e. The van der Waals surface area contributed by atoms with Gasteiger partial charge in [0.05, 0.1) is 11.5 Å². The number of alkyl carbamates (subject to hydrolysis) is 1.